The highest BCUT2D eigenvalue weighted by Gasteiger charge is 2.05. The lowest BCUT2D eigenvalue weighted by atomic mass is 10.1. The first-order chi connectivity index (χ1) is 11.7. The van der Waals surface area contributed by atoms with Gasteiger partial charge in [-0.25, -0.2) is 0 Å². The minimum atomic E-state index is -0.106. The fourth-order valence-corrected chi connectivity index (χ4v) is 2.22. The molecule has 0 saturated carbocycles. The Balaban J connectivity index is 0.00000312. The van der Waals surface area contributed by atoms with Crippen molar-refractivity contribution in [2.75, 3.05) is 20.3 Å². The van der Waals surface area contributed by atoms with Crippen LogP contribution in [0.4, 0.5) is 0 Å². The summed E-state index contributed by atoms with van der Waals surface area (Å²) in [6.45, 7) is 2.21. The zero-order valence-corrected chi connectivity index (χ0v) is 15.2. The van der Waals surface area contributed by atoms with Crippen molar-refractivity contribution >= 4 is 18.3 Å². The first-order valence-corrected chi connectivity index (χ1v) is 8.01. The van der Waals surface area contributed by atoms with Crippen LogP contribution >= 0.6 is 12.4 Å². The molecule has 0 radical (unpaired) electrons. The summed E-state index contributed by atoms with van der Waals surface area (Å²) in [4.78, 5) is 12.2. The minimum Gasteiger partial charge on any atom is -0.493 e. The fraction of sp³-hybridized carbons (Fsp3) is 0.316. The van der Waals surface area contributed by atoms with Crippen molar-refractivity contribution in [2.45, 2.75) is 19.5 Å². The second-order valence-electron chi connectivity index (χ2n) is 5.43. The zero-order valence-electron chi connectivity index (χ0n) is 14.4. The van der Waals surface area contributed by atoms with E-state index in [1.54, 1.807) is 19.2 Å². The van der Waals surface area contributed by atoms with E-state index in [0.29, 0.717) is 31.9 Å². The first-order valence-electron chi connectivity index (χ1n) is 8.01. The van der Waals surface area contributed by atoms with Gasteiger partial charge >= 0.3 is 0 Å². The number of halogens is 1. The van der Waals surface area contributed by atoms with Crippen LogP contribution in [-0.2, 0) is 17.8 Å². The number of nitrogens with two attached hydrogens (primary N) is 1. The molecule has 0 bridgehead atoms. The van der Waals surface area contributed by atoms with Crippen molar-refractivity contribution < 1.29 is 14.3 Å². The van der Waals surface area contributed by atoms with E-state index in [4.69, 9.17) is 15.2 Å². The standard InChI is InChI=1S/C19H24N2O3.ClH/c1-23-10-3-11-24-18-5-2-4-16(12-18)14-21-19(22)17-8-6-15(13-20)7-9-17;/h2,4-9,12H,3,10-11,13-14,20H2,1H3,(H,21,22);1H. The largest absolute Gasteiger partial charge is 0.493 e. The summed E-state index contributed by atoms with van der Waals surface area (Å²) < 4.78 is 10.7. The maximum absolute atomic E-state index is 12.2. The van der Waals surface area contributed by atoms with Crippen LogP contribution in [0.15, 0.2) is 48.5 Å². The number of methoxy groups -OCH3 is 1. The van der Waals surface area contributed by atoms with E-state index in [-0.39, 0.29) is 18.3 Å². The maximum atomic E-state index is 12.2. The molecule has 0 spiro atoms. The van der Waals surface area contributed by atoms with Crippen LogP contribution in [0, 0.1) is 0 Å². The van der Waals surface area contributed by atoms with Crippen molar-refractivity contribution in [3.63, 3.8) is 0 Å². The van der Waals surface area contributed by atoms with Gasteiger partial charge in [-0.1, -0.05) is 24.3 Å². The van der Waals surface area contributed by atoms with Gasteiger partial charge in [-0.3, -0.25) is 4.79 Å². The van der Waals surface area contributed by atoms with Crippen LogP contribution in [0.1, 0.15) is 27.9 Å². The summed E-state index contributed by atoms with van der Waals surface area (Å²) in [5.41, 5.74) is 8.18. The average Bonchev–Trinajstić information content (AvgIpc) is 2.64. The normalized spacial score (nSPS) is 10.0. The molecule has 2 aromatic rings. The minimum absolute atomic E-state index is 0. The molecule has 0 saturated heterocycles. The Hall–Kier alpha value is -2.08. The third kappa shape index (κ3) is 7.13. The summed E-state index contributed by atoms with van der Waals surface area (Å²) in [6.07, 6.45) is 0.844. The second kappa shape index (κ2) is 11.5. The molecule has 136 valence electrons. The van der Waals surface area contributed by atoms with Gasteiger partial charge in [0.25, 0.3) is 5.91 Å². The van der Waals surface area contributed by atoms with Gasteiger partial charge in [0, 0.05) is 38.8 Å². The molecule has 2 rings (SSSR count). The average molecular weight is 365 g/mol. The molecule has 0 heterocycles. The highest BCUT2D eigenvalue weighted by molar-refractivity contribution is 5.94. The van der Waals surface area contributed by atoms with E-state index in [1.165, 1.54) is 0 Å². The lowest BCUT2D eigenvalue weighted by Crippen LogP contribution is -2.22. The lowest BCUT2D eigenvalue weighted by Gasteiger charge is -2.09. The van der Waals surface area contributed by atoms with Crippen molar-refractivity contribution in [1.82, 2.24) is 5.32 Å². The summed E-state index contributed by atoms with van der Waals surface area (Å²) in [5.74, 6) is 0.690. The topological polar surface area (TPSA) is 73.6 Å². The Labute approximate surface area is 154 Å². The van der Waals surface area contributed by atoms with E-state index in [0.717, 1.165) is 23.3 Å². The quantitative estimate of drug-likeness (QED) is 0.671. The van der Waals surface area contributed by atoms with E-state index in [9.17, 15) is 4.79 Å². The molecule has 0 unspecified atom stereocenters. The van der Waals surface area contributed by atoms with Gasteiger partial charge in [-0.15, -0.1) is 12.4 Å². The predicted molar refractivity (Wildman–Crippen MR) is 101 cm³/mol. The number of hydrogen-bond donors (Lipinski definition) is 2. The number of hydrogen-bond acceptors (Lipinski definition) is 4. The molecule has 0 aromatic heterocycles. The Bertz CT molecular complexity index is 647. The van der Waals surface area contributed by atoms with Gasteiger partial charge in [0.1, 0.15) is 5.75 Å². The molecule has 25 heavy (non-hydrogen) atoms. The molecular formula is C19H25ClN2O3. The molecule has 2 aromatic carbocycles. The van der Waals surface area contributed by atoms with Gasteiger partial charge in [-0.05, 0) is 35.4 Å². The Morgan fingerprint density at radius 3 is 2.52 bits per heavy atom. The van der Waals surface area contributed by atoms with E-state index >= 15 is 0 Å². The Kier molecular flexibility index (Phi) is 9.62. The van der Waals surface area contributed by atoms with Gasteiger partial charge in [0.15, 0.2) is 0 Å². The van der Waals surface area contributed by atoms with Crippen molar-refractivity contribution in [1.29, 1.82) is 0 Å². The summed E-state index contributed by atoms with van der Waals surface area (Å²) in [6, 6.07) is 15.0. The van der Waals surface area contributed by atoms with Crippen molar-refractivity contribution in [2.24, 2.45) is 5.73 Å². The Morgan fingerprint density at radius 2 is 1.84 bits per heavy atom. The number of amides is 1. The van der Waals surface area contributed by atoms with Crippen LogP contribution in [-0.4, -0.2) is 26.2 Å². The van der Waals surface area contributed by atoms with Crippen molar-refractivity contribution in [3.05, 3.63) is 65.2 Å². The predicted octanol–water partition coefficient (Wildman–Crippen LogP) is 2.91. The van der Waals surface area contributed by atoms with Crippen LogP contribution in [0.5, 0.6) is 5.75 Å². The number of nitrogens with one attached hydrogen (secondary N) is 1. The van der Waals surface area contributed by atoms with Crippen LogP contribution in [0.2, 0.25) is 0 Å². The van der Waals surface area contributed by atoms with Gasteiger partial charge < -0.3 is 20.5 Å². The number of rotatable bonds is 9. The number of carbonyl (C=O) groups excluding carboxylic acids is 1. The van der Waals surface area contributed by atoms with Crippen molar-refractivity contribution in [3.8, 4) is 5.75 Å². The van der Waals surface area contributed by atoms with Crippen LogP contribution in [0.25, 0.3) is 0 Å². The molecule has 3 N–H and O–H groups in total. The van der Waals surface area contributed by atoms with Gasteiger partial charge in [0.05, 0.1) is 6.61 Å². The molecule has 0 fully saturated rings. The highest BCUT2D eigenvalue weighted by atomic mass is 35.5. The van der Waals surface area contributed by atoms with Gasteiger partial charge in [-0.2, -0.15) is 0 Å². The van der Waals surface area contributed by atoms with Crippen LogP contribution < -0.4 is 15.8 Å². The SMILES string of the molecule is COCCCOc1cccc(CNC(=O)c2ccc(CN)cc2)c1.Cl. The number of ether oxygens (including phenoxy) is 2. The van der Waals surface area contributed by atoms with E-state index < -0.39 is 0 Å². The highest BCUT2D eigenvalue weighted by Crippen LogP contribution is 2.14. The second-order valence-corrected chi connectivity index (χ2v) is 5.43. The van der Waals surface area contributed by atoms with E-state index in [2.05, 4.69) is 5.32 Å². The van der Waals surface area contributed by atoms with E-state index in [1.807, 2.05) is 36.4 Å². The maximum Gasteiger partial charge on any atom is 0.251 e. The third-order valence-electron chi connectivity index (χ3n) is 3.56. The molecule has 1 amide bonds. The Morgan fingerprint density at radius 1 is 1.08 bits per heavy atom. The lowest BCUT2D eigenvalue weighted by molar-refractivity contribution is 0.0951. The molecule has 5 nitrogen and oxygen atoms in total. The summed E-state index contributed by atoms with van der Waals surface area (Å²) in [5, 5.41) is 2.91. The zero-order chi connectivity index (χ0) is 17.2. The monoisotopic (exact) mass is 364 g/mol. The molecular weight excluding hydrogens is 340 g/mol. The number of benzene rings is 2. The summed E-state index contributed by atoms with van der Waals surface area (Å²) in [7, 11) is 1.67. The molecule has 6 heteroatoms. The smallest absolute Gasteiger partial charge is 0.251 e. The summed E-state index contributed by atoms with van der Waals surface area (Å²) >= 11 is 0. The number of carbonyl (C=O) groups is 1. The molecule has 0 aliphatic rings. The first kappa shape index (κ1) is 21.0. The van der Waals surface area contributed by atoms with Gasteiger partial charge in [0.2, 0.25) is 0 Å². The third-order valence-corrected chi connectivity index (χ3v) is 3.56. The van der Waals surface area contributed by atoms with Crippen LogP contribution in [0.3, 0.4) is 0 Å². The molecule has 0 aliphatic carbocycles. The molecule has 0 aliphatic heterocycles. The molecule has 0 atom stereocenters. The fourth-order valence-electron chi connectivity index (χ4n) is 2.22.